The molecule has 1 aromatic carbocycles. The molecule has 0 bridgehead atoms. The standard InChI is InChI=1S/C35H48N4O7S/c1-23(38(5)34(44)46-35(2,3)4)31(42)37-29(24-13-7-6-8-14-24)33(43)39-18-12-17-28(39)32-36-27(22-47-32)30(41)25-15-11-16-26(21-25)45-20-10-9-19-40/h11,15-16,19,21-24,28-29H,6-10,12-14,17-18,20H2,1-5H3,(H,37,42)/t23-,28-,29-/m0/s1. The van der Waals surface area contributed by atoms with Gasteiger partial charge in [0.15, 0.2) is 0 Å². The summed E-state index contributed by atoms with van der Waals surface area (Å²) in [5.41, 5.74) is 0.0438. The summed E-state index contributed by atoms with van der Waals surface area (Å²) in [6.45, 7) is 7.84. The molecule has 1 saturated heterocycles. The third-order valence-electron chi connectivity index (χ3n) is 8.73. The number of unbranched alkanes of at least 4 members (excludes halogenated alkanes) is 1. The molecule has 0 radical (unpaired) electrons. The van der Waals surface area contributed by atoms with Gasteiger partial charge in [0, 0.05) is 31.0 Å². The Hall–Kier alpha value is -3.80. The van der Waals surface area contributed by atoms with Crippen molar-refractivity contribution in [2.75, 3.05) is 20.2 Å². The van der Waals surface area contributed by atoms with Gasteiger partial charge in [0.25, 0.3) is 0 Å². The fourth-order valence-electron chi connectivity index (χ4n) is 6.03. The van der Waals surface area contributed by atoms with Crippen molar-refractivity contribution in [1.29, 1.82) is 0 Å². The average Bonchev–Trinajstić information content (AvgIpc) is 3.74. The van der Waals surface area contributed by atoms with Crippen LogP contribution in [-0.2, 0) is 19.1 Å². The van der Waals surface area contributed by atoms with Crippen LogP contribution in [0.3, 0.4) is 0 Å². The minimum atomic E-state index is -0.842. The van der Waals surface area contributed by atoms with Crippen LogP contribution in [-0.4, -0.2) is 82.6 Å². The van der Waals surface area contributed by atoms with E-state index in [0.29, 0.717) is 54.4 Å². The van der Waals surface area contributed by atoms with E-state index in [-0.39, 0.29) is 23.7 Å². The minimum Gasteiger partial charge on any atom is -0.494 e. The summed E-state index contributed by atoms with van der Waals surface area (Å²) in [4.78, 5) is 72.1. The number of ether oxygens (including phenoxy) is 2. The van der Waals surface area contributed by atoms with Gasteiger partial charge in [-0.2, -0.15) is 0 Å². The second-order valence-corrected chi connectivity index (χ2v) is 14.3. The number of hydrogen-bond donors (Lipinski definition) is 1. The predicted molar refractivity (Wildman–Crippen MR) is 178 cm³/mol. The molecule has 3 amide bonds. The summed E-state index contributed by atoms with van der Waals surface area (Å²) in [6, 6.07) is 5.03. The van der Waals surface area contributed by atoms with E-state index in [1.807, 2.05) is 4.90 Å². The molecule has 1 aliphatic carbocycles. The van der Waals surface area contributed by atoms with Crippen molar-refractivity contribution in [2.24, 2.45) is 5.92 Å². The Morgan fingerprint density at radius 1 is 1.13 bits per heavy atom. The average molecular weight is 669 g/mol. The molecule has 1 saturated carbocycles. The molecule has 256 valence electrons. The molecule has 0 unspecified atom stereocenters. The van der Waals surface area contributed by atoms with E-state index >= 15 is 0 Å². The number of likely N-dealkylation sites (tertiary alicyclic amines) is 1. The Morgan fingerprint density at radius 3 is 2.57 bits per heavy atom. The Labute approximate surface area is 281 Å². The lowest BCUT2D eigenvalue weighted by atomic mass is 9.83. The van der Waals surface area contributed by atoms with Crippen molar-refractivity contribution in [3.05, 3.63) is 45.9 Å². The number of benzene rings is 1. The maximum absolute atomic E-state index is 14.3. The lowest BCUT2D eigenvalue weighted by molar-refractivity contribution is -0.140. The first-order valence-corrected chi connectivity index (χ1v) is 17.5. The number of aldehydes is 1. The first-order chi connectivity index (χ1) is 22.4. The number of thiazole rings is 1. The van der Waals surface area contributed by atoms with E-state index in [4.69, 9.17) is 14.5 Å². The summed E-state index contributed by atoms with van der Waals surface area (Å²) in [6.07, 6.45) is 7.50. The summed E-state index contributed by atoms with van der Waals surface area (Å²) in [5.74, 6) is -0.260. The highest BCUT2D eigenvalue weighted by atomic mass is 32.1. The number of rotatable bonds is 13. The maximum atomic E-state index is 14.3. The van der Waals surface area contributed by atoms with Crippen molar-refractivity contribution in [3.63, 3.8) is 0 Å². The Kier molecular flexibility index (Phi) is 12.5. The van der Waals surface area contributed by atoms with E-state index in [1.165, 1.54) is 23.3 Å². The van der Waals surface area contributed by atoms with E-state index in [1.54, 1.807) is 57.3 Å². The molecule has 1 aromatic heterocycles. The van der Waals surface area contributed by atoms with Crippen molar-refractivity contribution < 1.29 is 33.4 Å². The van der Waals surface area contributed by atoms with E-state index < -0.39 is 29.7 Å². The van der Waals surface area contributed by atoms with Gasteiger partial charge < -0.3 is 24.5 Å². The molecule has 1 N–H and O–H groups in total. The smallest absolute Gasteiger partial charge is 0.410 e. The van der Waals surface area contributed by atoms with Crippen LogP contribution in [0.2, 0.25) is 0 Å². The zero-order chi connectivity index (χ0) is 34.1. The maximum Gasteiger partial charge on any atom is 0.410 e. The number of nitrogens with one attached hydrogen (secondary N) is 1. The van der Waals surface area contributed by atoms with Gasteiger partial charge in [-0.05, 0) is 77.8 Å². The van der Waals surface area contributed by atoms with Crippen LogP contribution >= 0.6 is 11.3 Å². The van der Waals surface area contributed by atoms with Crippen LogP contribution < -0.4 is 10.1 Å². The largest absolute Gasteiger partial charge is 0.494 e. The molecule has 1 aliphatic heterocycles. The summed E-state index contributed by atoms with van der Waals surface area (Å²) < 4.78 is 11.1. The number of nitrogens with zero attached hydrogens (tertiary/aromatic N) is 3. The highest BCUT2D eigenvalue weighted by Crippen LogP contribution is 2.36. The Balaban J connectivity index is 1.48. The van der Waals surface area contributed by atoms with Crippen molar-refractivity contribution in [2.45, 2.75) is 109 Å². The van der Waals surface area contributed by atoms with Crippen LogP contribution in [0.5, 0.6) is 5.75 Å². The van der Waals surface area contributed by atoms with Crippen LogP contribution in [0.15, 0.2) is 29.6 Å². The molecule has 47 heavy (non-hydrogen) atoms. The normalized spacial score (nSPS) is 18.2. The quantitative estimate of drug-likeness (QED) is 0.163. The minimum absolute atomic E-state index is 0.0122. The summed E-state index contributed by atoms with van der Waals surface area (Å²) >= 11 is 1.36. The number of amides is 3. The molecule has 11 nitrogen and oxygen atoms in total. The molecule has 2 heterocycles. The number of hydrogen-bond acceptors (Lipinski definition) is 9. The summed E-state index contributed by atoms with van der Waals surface area (Å²) in [5, 5.41) is 5.44. The zero-order valence-corrected chi connectivity index (χ0v) is 29.0. The molecular weight excluding hydrogens is 620 g/mol. The lowest BCUT2D eigenvalue weighted by Gasteiger charge is -2.36. The van der Waals surface area contributed by atoms with Crippen molar-refractivity contribution in [1.82, 2.24) is 20.1 Å². The highest BCUT2D eigenvalue weighted by Gasteiger charge is 2.41. The van der Waals surface area contributed by atoms with Gasteiger partial charge in [-0.15, -0.1) is 11.3 Å². The second kappa shape index (κ2) is 16.3. The second-order valence-electron chi connectivity index (χ2n) is 13.4. The Bertz CT molecular complexity index is 1410. The van der Waals surface area contributed by atoms with Gasteiger partial charge in [-0.25, -0.2) is 9.78 Å². The lowest BCUT2D eigenvalue weighted by Crippen LogP contribution is -2.56. The van der Waals surface area contributed by atoms with Gasteiger partial charge in [-0.1, -0.05) is 31.4 Å². The predicted octanol–water partition coefficient (Wildman–Crippen LogP) is 5.72. The molecule has 4 rings (SSSR count). The number of aromatic nitrogens is 1. The molecule has 2 aromatic rings. The van der Waals surface area contributed by atoms with E-state index in [0.717, 1.165) is 44.8 Å². The third-order valence-corrected chi connectivity index (χ3v) is 9.68. The Morgan fingerprint density at radius 2 is 1.87 bits per heavy atom. The molecule has 2 fully saturated rings. The first kappa shape index (κ1) is 36.0. The topological polar surface area (TPSA) is 135 Å². The molecule has 2 aliphatic rings. The van der Waals surface area contributed by atoms with Gasteiger partial charge in [-0.3, -0.25) is 19.3 Å². The fourth-order valence-corrected chi connectivity index (χ4v) is 6.98. The molecule has 3 atom stereocenters. The molecule has 0 spiro atoms. The number of carbonyl (C=O) groups is 5. The number of ketones is 1. The van der Waals surface area contributed by atoms with Gasteiger partial charge >= 0.3 is 6.09 Å². The van der Waals surface area contributed by atoms with Gasteiger partial charge in [0.05, 0.1) is 12.6 Å². The van der Waals surface area contributed by atoms with E-state index in [9.17, 15) is 24.0 Å². The summed E-state index contributed by atoms with van der Waals surface area (Å²) in [7, 11) is 1.52. The fraction of sp³-hybridized carbons (Fsp3) is 0.600. The van der Waals surface area contributed by atoms with Crippen LogP contribution in [0, 0.1) is 5.92 Å². The van der Waals surface area contributed by atoms with Gasteiger partial charge in [0.1, 0.15) is 40.4 Å². The monoisotopic (exact) mass is 668 g/mol. The molecular formula is C35H48N4O7S. The number of likely N-dealkylation sites (N-methyl/N-ethyl adjacent to an activating group) is 1. The molecule has 12 heteroatoms. The van der Waals surface area contributed by atoms with Crippen molar-refractivity contribution >= 4 is 41.3 Å². The first-order valence-electron chi connectivity index (χ1n) is 16.6. The third kappa shape index (κ3) is 9.62. The van der Waals surface area contributed by atoms with Crippen LogP contribution in [0.1, 0.15) is 113 Å². The highest BCUT2D eigenvalue weighted by molar-refractivity contribution is 7.10. The number of carbonyl (C=O) groups excluding carboxylic acids is 5. The SMILES string of the molecule is C[C@@H](C(=O)N[C@H](C(=O)N1CCC[C@H]1c1nc(C(=O)c2cccc(OCCCC=O)c2)cs1)C1CCCCC1)N(C)C(=O)OC(C)(C)C. The van der Waals surface area contributed by atoms with Gasteiger partial charge in [0.2, 0.25) is 17.6 Å². The zero-order valence-electron chi connectivity index (χ0n) is 28.2. The van der Waals surface area contributed by atoms with Crippen molar-refractivity contribution in [3.8, 4) is 5.75 Å². The van der Waals surface area contributed by atoms with Crippen LogP contribution in [0.25, 0.3) is 0 Å². The van der Waals surface area contributed by atoms with E-state index in [2.05, 4.69) is 5.32 Å². The van der Waals surface area contributed by atoms with Crippen LogP contribution in [0.4, 0.5) is 4.79 Å².